The van der Waals surface area contributed by atoms with Crippen LogP contribution in [0.2, 0.25) is 0 Å². The minimum absolute atomic E-state index is 0.274. The van der Waals surface area contributed by atoms with Gasteiger partial charge in [0.05, 0.1) is 17.3 Å². The van der Waals surface area contributed by atoms with Gasteiger partial charge in [0.25, 0.3) is 0 Å². The summed E-state index contributed by atoms with van der Waals surface area (Å²) in [5.41, 5.74) is 0.734. The first kappa shape index (κ1) is 14.2. The van der Waals surface area contributed by atoms with E-state index in [2.05, 4.69) is 10.3 Å². The number of nitrogens with one attached hydrogen (secondary N) is 1. The summed E-state index contributed by atoms with van der Waals surface area (Å²) >= 11 is 3.19. The number of ether oxygens (including phenoxy) is 1. The maximum Gasteiger partial charge on any atom is 0.329 e. The summed E-state index contributed by atoms with van der Waals surface area (Å²) in [7, 11) is 0. The molecule has 102 valence electrons. The summed E-state index contributed by atoms with van der Waals surface area (Å²) in [6.45, 7) is 4.74. The molecule has 2 rings (SSSR count). The molecule has 0 aliphatic carbocycles. The molecule has 0 fully saturated rings. The third kappa shape index (κ3) is 3.86. The SMILES string of the molecule is CCOC(=O)C(NCc1cccs1)c1csc(C)n1. The van der Waals surface area contributed by atoms with E-state index in [0.717, 1.165) is 10.7 Å². The predicted molar refractivity (Wildman–Crippen MR) is 77.4 cm³/mol. The Morgan fingerprint density at radius 3 is 2.95 bits per heavy atom. The van der Waals surface area contributed by atoms with Crippen molar-refractivity contribution in [2.45, 2.75) is 26.4 Å². The largest absolute Gasteiger partial charge is 0.465 e. The zero-order valence-electron chi connectivity index (χ0n) is 10.9. The molecule has 0 saturated heterocycles. The van der Waals surface area contributed by atoms with Crippen LogP contribution in [0.1, 0.15) is 28.5 Å². The molecule has 2 aromatic rings. The lowest BCUT2D eigenvalue weighted by atomic mass is 10.2. The van der Waals surface area contributed by atoms with Crippen LogP contribution >= 0.6 is 22.7 Å². The number of hydrogen-bond donors (Lipinski definition) is 1. The van der Waals surface area contributed by atoms with Gasteiger partial charge >= 0.3 is 5.97 Å². The number of carbonyl (C=O) groups excluding carboxylic acids is 1. The maximum absolute atomic E-state index is 12.0. The molecule has 4 nitrogen and oxygen atoms in total. The van der Waals surface area contributed by atoms with Crippen LogP contribution in [0.15, 0.2) is 22.9 Å². The summed E-state index contributed by atoms with van der Waals surface area (Å²) in [5, 5.41) is 8.08. The van der Waals surface area contributed by atoms with Crippen LogP contribution in [0, 0.1) is 6.92 Å². The number of thiophene rings is 1. The molecular weight excluding hydrogens is 280 g/mol. The van der Waals surface area contributed by atoms with Gasteiger partial charge in [-0.1, -0.05) is 6.07 Å². The molecule has 0 radical (unpaired) electrons. The van der Waals surface area contributed by atoms with Gasteiger partial charge in [-0.15, -0.1) is 22.7 Å². The number of nitrogens with zero attached hydrogens (tertiary/aromatic N) is 1. The highest BCUT2D eigenvalue weighted by Crippen LogP contribution is 2.19. The summed E-state index contributed by atoms with van der Waals surface area (Å²) in [6, 6.07) is 3.53. The van der Waals surface area contributed by atoms with E-state index in [-0.39, 0.29) is 5.97 Å². The number of thiazole rings is 1. The van der Waals surface area contributed by atoms with Crippen molar-refractivity contribution < 1.29 is 9.53 Å². The quantitative estimate of drug-likeness (QED) is 0.833. The van der Waals surface area contributed by atoms with E-state index < -0.39 is 6.04 Å². The zero-order valence-corrected chi connectivity index (χ0v) is 12.5. The van der Waals surface area contributed by atoms with E-state index in [1.165, 1.54) is 16.2 Å². The monoisotopic (exact) mass is 296 g/mol. The van der Waals surface area contributed by atoms with Crippen LogP contribution in [-0.2, 0) is 16.1 Å². The van der Waals surface area contributed by atoms with E-state index in [1.807, 2.05) is 29.8 Å². The Labute approximate surface area is 120 Å². The van der Waals surface area contributed by atoms with Crippen molar-refractivity contribution in [2.24, 2.45) is 0 Å². The number of esters is 1. The number of aryl methyl sites for hydroxylation is 1. The molecule has 0 saturated carbocycles. The maximum atomic E-state index is 12.0. The van der Waals surface area contributed by atoms with Crippen molar-refractivity contribution >= 4 is 28.6 Å². The lowest BCUT2D eigenvalue weighted by Crippen LogP contribution is -2.30. The molecule has 19 heavy (non-hydrogen) atoms. The fourth-order valence-corrected chi connectivity index (χ4v) is 2.96. The van der Waals surface area contributed by atoms with Crippen molar-refractivity contribution in [3.63, 3.8) is 0 Å². The predicted octanol–water partition coefficient (Wildman–Crippen LogP) is 2.91. The topological polar surface area (TPSA) is 51.2 Å². The van der Waals surface area contributed by atoms with Crippen LogP contribution in [0.5, 0.6) is 0 Å². The Kier molecular flexibility index (Phi) is 5.07. The molecule has 1 N–H and O–H groups in total. The normalized spacial score (nSPS) is 12.3. The summed E-state index contributed by atoms with van der Waals surface area (Å²) in [5.74, 6) is -0.274. The number of rotatable bonds is 6. The molecule has 6 heteroatoms. The average Bonchev–Trinajstić information content (AvgIpc) is 3.02. The molecule has 0 spiro atoms. The Hall–Kier alpha value is -1.24. The Morgan fingerprint density at radius 1 is 1.53 bits per heavy atom. The molecular formula is C13H16N2O2S2. The smallest absolute Gasteiger partial charge is 0.329 e. The first-order chi connectivity index (χ1) is 9.20. The van der Waals surface area contributed by atoms with Crippen molar-refractivity contribution in [1.82, 2.24) is 10.3 Å². The van der Waals surface area contributed by atoms with E-state index in [0.29, 0.717) is 13.2 Å². The van der Waals surface area contributed by atoms with Gasteiger partial charge in [-0.05, 0) is 25.3 Å². The second kappa shape index (κ2) is 6.79. The average molecular weight is 296 g/mol. The van der Waals surface area contributed by atoms with Crippen molar-refractivity contribution in [3.8, 4) is 0 Å². The Bertz CT molecular complexity index is 522. The summed E-state index contributed by atoms with van der Waals surface area (Å²) in [6.07, 6.45) is 0. The second-order valence-corrected chi connectivity index (χ2v) is 6.03. The molecule has 0 amide bonds. The van der Waals surface area contributed by atoms with Gasteiger partial charge in [-0.25, -0.2) is 9.78 Å². The first-order valence-corrected chi connectivity index (χ1v) is 7.81. The minimum Gasteiger partial charge on any atom is -0.465 e. The first-order valence-electron chi connectivity index (χ1n) is 6.05. The van der Waals surface area contributed by atoms with Crippen molar-refractivity contribution in [2.75, 3.05) is 6.61 Å². The lowest BCUT2D eigenvalue weighted by Gasteiger charge is -2.14. The molecule has 1 atom stereocenters. The number of aromatic nitrogens is 1. The third-order valence-electron chi connectivity index (χ3n) is 2.52. The number of hydrogen-bond acceptors (Lipinski definition) is 6. The van der Waals surface area contributed by atoms with E-state index in [1.54, 1.807) is 18.3 Å². The standard InChI is InChI=1S/C13H16N2O2S2/c1-3-17-13(16)12(11-8-19-9(2)15-11)14-7-10-5-4-6-18-10/h4-6,8,12,14H,3,7H2,1-2H3. The molecule has 0 bridgehead atoms. The van der Waals surface area contributed by atoms with Gasteiger partial charge in [0.15, 0.2) is 0 Å². The van der Waals surface area contributed by atoms with Gasteiger partial charge < -0.3 is 4.74 Å². The fourth-order valence-electron chi connectivity index (χ4n) is 1.66. The van der Waals surface area contributed by atoms with Gasteiger partial charge in [0.1, 0.15) is 6.04 Å². The van der Waals surface area contributed by atoms with Gasteiger partial charge in [0.2, 0.25) is 0 Å². The summed E-state index contributed by atoms with van der Waals surface area (Å²) in [4.78, 5) is 17.6. The van der Waals surface area contributed by atoms with Crippen molar-refractivity contribution in [1.29, 1.82) is 0 Å². The van der Waals surface area contributed by atoms with Crippen LogP contribution in [0.3, 0.4) is 0 Å². The van der Waals surface area contributed by atoms with Crippen molar-refractivity contribution in [3.05, 3.63) is 38.5 Å². The van der Waals surface area contributed by atoms with Crippen LogP contribution in [-0.4, -0.2) is 17.6 Å². The van der Waals surface area contributed by atoms with Gasteiger partial charge in [-0.2, -0.15) is 0 Å². The van der Waals surface area contributed by atoms with Crippen LogP contribution < -0.4 is 5.32 Å². The van der Waals surface area contributed by atoms with Crippen LogP contribution in [0.4, 0.5) is 0 Å². The molecule has 0 aliphatic rings. The molecule has 2 aromatic heterocycles. The molecule has 2 heterocycles. The minimum atomic E-state index is -0.494. The Balaban J connectivity index is 2.07. The molecule has 1 unspecified atom stereocenters. The van der Waals surface area contributed by atoms with Gasteiger partial charge in [0, 0.05) is 16.8 Å². The Morgan fingerprint density at radius 2 is 2.37 bits per heavy atom. The lowest BCUT2D eigenvalue weighted by molar-refractivity contribution is -0.146. The zero-order chi connectivity index (χ0) is 13.7. The number of carbonyl (C=O) groups is 1. The molecule has 0 aromatic carbocycles. The highest BCUT2D eigenvalue weighted by molar-refractivity contribution is 7.10. The molecule has 0 aliphatic heterocycles. The second-order valence-electron chi connectivity index (χ2n) is 3.94. The van der Waals surface area contributed by atoms with E-state index in [9.17, 15) is 4.79 Å². The van der Waals surface area contributed by atoms with Crippen LogP contribution in [0.25, 0.3) is 0 Å². The third-order valence-corrected chi connectivity index (χ3v) is 4.18. The van der Waals surface area contributed by atoms with Gasteiger partial charge in [-0.3, -0.25) is 5.32 Å². The highest BCUT2D eigenvalue weighted by atomic mass is 32.1. The highest BCUT2D eigenvalue weighted by Gasteiger charge is 2.23. The summed E-state index contributed by atoms with van der Waals surface area (Å²) < 4.78 is 5.10. The van der Waals surface area contributed by atoms with E-state index >= 15 is 0 Å². The van der Waals surface area contributed by atoms with E-state index in [4.69, 9.17) is 4.74 Å². The fraction of sp³-hybridized carbons (Fsp3) is 0.385.